The molecule has 2 aromatic heterocycles. The summed E-state index contributed by atoms with van der Waals surface area (Å²) in [6.45, 7) is 1.79. The molecule has 11 heteroatoms. The lowest BCUT2D eigenvalue weighted by Crippen LogP contribution is -2.07. The summed E-state index contributed by atoms with van der Waals surface area (Å²) in [5.74, 6) is -1.70. The number of thioether (sulfide) groups is 1. The van der Waals surface area contributed by atoms with Gasteiger partial charge in [-0.25, -0.2) is 14.4 Å². The van der Waals surface area contributed by atoms with Crippen LogP contribution in [0.15, 0.2) is 45.7 Å². The van der Waals surface area contributed by atoms with Gasteiger partial charge in [0.05, 0.1) is 11.3 Å². The van der Waals surface area contributed by atoms with E-state index in [9.17, 15) is 22.4 Å². The number of hydrogen-bond donors (Lipinski definition) is 1. The lowest BCUT2D eigenvalue weighted by molar-refractivity contribution is -0.140. The second kappa shape index (κ2) is 8.55. The molecule has 0 aliphatic rings. The average Bonchev–Trinajstić information content (AvgIpc) is 3.26. The zero-order valence-electron chi connectivity index (χ0n) is 16.4. The molecule has 0 bridgehead atoms. The summed E-state index contributed by atoms with van der Waals surface area (Å²) in [5.41, 5.74) is 0.735. The summed E-state index contributed by atoms with van der Waals surface area (Å²) in [5, 5.41) is 9.29. The van der Waals surface area contributed by atoms with E-state index in [1.807, 2.05) is 6.07 Å². The van der Waals surface area contributed by atoms with Gasteiger partial charge in [0.2, 0.25) is 5.89 Å². The Labute approximate surface area is 187 Å². The van der Waals surface area contributed by atoms with Crippen LogP contribution in [-0.2, 0) is 23.1 Å². The Hall–Kier alpha value is -2.92. The van der Waals surface area contributed by atoms with Gasteiger partial charge in [-0.15, -0.1) is 23.1 Å². The molecule has 0 spiro atoms. The van der Waals surface area contributed by atoms with Gasteiger partial charge in [0.15, 0.2) is 5.58 Å². The minimum atomic E-state index is -4.75. The van der Waals surface area contributed by atoms with Gasteiger partial charge in [-0.05, 0) is 37.3 Å². The Morgan fingerprint density at radius 3 is 2.66 bits per heavy atom. The Balaban J connectivity index is 1.50. The van der Waals surface area contributed by atoms with Gasteiger partial charge >= 0.3 is 12.1 Å². The van der Waals surface area contributed by atoms with Gasteiger partial charge in [0, 0.05) is 21.1 Å². The lowest BCUT2D eigenvalue weighted by atomic mass is 10.1. The summed E-state index contributed by atoms with van der Waals surface area (Å²) in [4.78, 5) is 21.1. The zero-order chi connectivity index (χ0) is 23.0. The monoisotopic (exact) mass is 482 g/mol. The molecule has 0 aliphatic heterocycles. The van der Waals surface area contributed by atoms with E-state index < -0.39 is 23.5 Å². The first kappa shape index (κ1) is 22.3. The predicted octanol–water partition coefficient (Wildman–Crippen LogP) is 6.34. The van der Waals surface area contributed by atoms with Gasteiger partial charge in [0.1, 0.15) is 22.8 Å². The normalized spacial score (nSPS) is 11.9. The topological polar surface area (TPSA) is 76.2 Å². The first-order valence-corrected chi connectivity index (χ1v) is 11.0. The second-order valence-corrected chi connectivity index (χ2v) is 8.95. The van der Waals surface area contributed by atoms with Crippen LogP contribution in [0.1, 0.15) is 22.0 Å². The van der Waals surface area contributed by atoms with E-state index in [1.165, 1.54) is 29.2 Å². The van der Waals surface area contributed by atoms with Crippen LogP contribution < -0.4 is 0 Å². The Bertz CT molecular complexity index is 1310. The van der Waals surface area contributed by atoms with Gasteiger partial charge in [0.25, 0.3) is 0 Å². The molecule has 0 fully saturated rings. The number of carboxylic acids is 1. The number of fused-ring (bicyclic) bond motifs is 1. The second-order valence-electron chi connectivity index (χ2n) is 6.82. The summed E-state index contributed by atoms with van der Waals surface area (Å²) >= 11 is 2.78. The molecular weight excluding hydrogens is 468 g/mol. The molecule has 1 N–H and O–H groups in total. The third kappa shape index (κ3) is 4.78. The fourth-order valence-electron chi connectivity index (χ4n) is 2.96. The van der Waals surface area contributed by atoms with Crippen molar-refractivity contribution in [3.63, 3.8) is 0 Å². The fourth-order valence-corrected chi connectivity index (χ4v) is 5.09. The Morgan fingerprint density at radius 2 is 1.97 bits per heavy atom. The third-order valence-corrected chi connectivity index (χ3v) is 6.90. The highest BCUT2D eigenvalue weighted by atomic mass is 32.2. The van der Waals surface area contributed by atoms with Crippen LogP contribution in [0.5, 0.6) is 0 Å². The van der Waals surface area contributed by atoms with Gasteiger partial charge < -0.3 is 9.52 Å². The molecule has 166 valence electrons. The lowest BCUT2D eigenvalue weighted by Gasteiger charge is -2.08. The number of aliphatic carboxylic acids is 1. The number of rotatable bonds is 6. The third-order valence-electron chi connectivity index (χ3n) is 4.49. The van der Waals surface area contributed by atoms with Crippen molar-refractivity contribution in [1.29, 1.82) is 0 Å². The predicted molar refractivity (Wildman–Crippen MR) is 112 cm³/mol. The maximum Gasteiger partial charge on any atom is 0.419 e. The molecule has 5 nitrogen and oxygen atoms in total. The molecule has 0 atom stereocenters. The molecule has 0 saturated heterocycles. The quantitative estimate of drug-likeness (QED) is 0.255. The van der Waals surface area contributed by atoms with Crippen LogP contribution in [0.2, 0.25) is 0 Å². The van der Waals surface area contributed by atoms with Gasteiger partial charge in [-0.3, -0.25) is 4.79 Å². The highest BCUT2D eigenvalue weighted by Crippen LogP contribution is 2.36. The highest BCUT2D eigenvalue weighted by Gasteiger charge is 2.34. The number of alkyl halides is 3. The van der Waals surface area contributed by atoms with E-state index in [0.717, 1.165) is 21.9 Å². The van der Waals surface area contributed by atoms with Crippen molar-refractivity contribution in [3.05, 3.63) is 64.2 Å². The number of oxazole rings is 1. The average molecular weight is 482 g/mol. The van der Waals surface area contributed by atoms with Crippen LogP contribution in [0.3, 0.4) is 0 Å². The summed E-state index contributed by atoms with van der Waals surface area (Å²) < 4.78 is 57.6. The maximum absolute atomic E-state index is 13.9. The van der Waals surface area contributed by atoms with E-state index in [4.69, 9.17) is 9.52 Å². The first-order chi connectivity index (χ1) is 15.1. The van der Waals surface area contributed by atoms with E-state index >= 15 is 0 Å². The molecule has 2 aromatic carbocycles. The minimum absolute atomic E-state index is 0.126. The standard InChI is InChI=1S/C21H14F4N2O3S2/c1-10-17(32-20(26-10)11-2-4-13(14(22)6-11)21(23,24)25)9-31-12-3-5-16-15(7-12)27-18(30-16)8-19(28)29/h2-7H,8-9H2,1H3,(H,28,29). The SMILES string of the molecule is Cc1nc(-c2ccc(C(F)(F)F)c(F)c2)sc1CSc1ccc2oc(CC(=O)O)nc2c1. The Kier molecular flexibility index (Phi) is 5.95. The van der Waals surface area contributed by atoms with E-state index in [0.29, 0.717) is 27.6 Å². The molecule has 0 radical (unpaired) electrons. The van der Waals surface area contributed by atoms with Crippen molar-refractivity contribution in [2.24, 2.45) is 0 Å². The van der Waals surface area contributed by atoms with Crippen LogP contribution in [-0.4, -0.2) is 21.0 Å². The number of carbonyl (C=O) groups is 1. The van der Waals surface area contributed by atoms with E-state index in [-0.39, 0.29) is 17.9 Å². The smallest absolute Gasteiger partial charge is 0.419 e. The number of aryl methyl sites for hydroxylation is 1. The first-order valence-electron chi connectivity index (χ1n) is 9.17. The van der Waals surface area contributed by atoms with Gasteiger partial charge in [-0.2, -0.15) is 13.2 Å². The largest absolute Gasteiger partial charge is 0.481 e. The number of hydrogen-bond acceptors (Lipinski definition) is 6. The molecule has 4 aromatic rings. The van der Waals surface area contributed by atoms with Crippen molar-refractivity contribution in [3.8, 4) is 10.6 Å². The van der Waals surface area contributed by atoms with Crippen molar-refractivity contribution in [2.75, 3.05) is 0 Å². The number of nitrogens with zero attached hydrogens (tertiary/aromatic N) is 2. The van der Waals surface area contributed by atoms with E-state index in [1.54, 1.807) is 19.1 Å². The van der Waals surface area contributed by atoms with Crippen LogP contribution >= 0.6 is 23.1 Å². The molecule has 0 unspecified atom stereocenters. The van der Waals surface area contributed by atoms with Crippen molar-refractivity contribution in [1.82, 2.24) is 9.97 Å². The molecule has 0 amide bonds. The fraction of sp³-hybridized carbons (Fsp3) is 0.190. The molecular formula is C21H14F4N2O3S2. The number of aromatic nitrogens is 2. The molecule has 4 rings (SSSR count). The molecule has 32 heavy (non-hydrogen) atoms. The molecule has 2 heterocycles. The van der Waals surface area contributed by atoms with Crippen molar-refractivity contribution in [2.45, 2.75) is 30.2 Å². The summed E-state index contributed by atoms with van der Waals surface area (Å²) in [6.07, 6.45) is -5.05. The minimum Gasteiger partial charge on any atom is -0.481 e. The van der Waals surface area contributed by atoms with Crippen molar-refractivity contribution < 1.29 is 31.9 Å². The number of benzene rings is 2. The number of thiazole rings is 1. The summed E-state index contributed by atoms with van der Waals surface area (Å²) in [7, 11) is 0. The zero-order valence-corrected chi connectivity index (χ0v) is 18.0. The molecule has 0 aliphatic carbocycles. The molecule has 0 saturated carbocycles. The number of halogens is 4. The maximum atomic E-state index is 13.9. The van der Waals surface area contributed by atoms with E-state index in [2.05, 4.69) is 9.97 Å². The van der Waals surface area contributed by atoms with Gasteiger partial charge in [-0.1, -0.05) is 6.07 Å². The van der Waals surface area contributed by atoms with Crippen LogP contribution in [0, 0.1) is 12.7 Å². The van der Waals surface area contributed by atoms with Crippen molar-refractivity contribution >= 4 is 40.2 Å². The van der Waals surface area contributed by atoms with Crippen LogP contribution in [0.25, 0.3) is 21.7 Å². The summed E-state index contributed by atoms with van der Waals surface area (Å²) in [6, 6.07) is 8.12. The highest BCUT2D eigenvalue weighted by molar-refractivity contribution is 7.98. The van der Waals surface area contributed by atoms with Crippen LogP contribution in [0.4, 0.5) is 17.6 Å². The Morgan fingerprint density at radius 1 is 1.19 bits per heavy atom. The number of carboxylic acid groups (broad SMARTS) is 1.